The molecule has 1 aromatic rings. The molecule has 1 aromatic carbocycles. The van der Waals surface area contributed by atoms with Crippen LogP contribution in [0.15, 0.2) is 12.1 Å². The average molecular weight is 298 g/mol. The van der Waals surface area contributed by atoms with E-state index >= 15 is 0 Å². The molecule has 1 aliphatic heterocycles. The van der Waals surface area contributed by atoms with Crippen LogP contribution in [0.5, 0.6) is 0 Å². The Hall–Kier alpha value is -1.20. The molecule has 2 unspecified atom stereocenters. The Balaban J connectivity index is 2.29. The van der Waals surface area contributed by atoms with Gasteiger partial charge in [0.05, 0.1) is 18.8 Å². The molecule has 2 atom stereocenters. The van der Waals surface area contributed by atoms with E-state index in [1.165, 1.54) is 12.1 Å². The summed E-state index contributed by atoms with van der Waals surface area (Å²) in [5.74, 6) is -0.981. The molecule has 0 radical (unpaired) electrons. The summed E-state index contributed by atoms with van der Waals surface area (Å²) in [4.78, 5) is 1.82. The van der Waals surface area contributed by atoms with Crippen molar-refractivity contribution in [3.8, 4) is 0 Å². The summed E-state index contributed by atoms with van der Waals surface area (Å²) in [5.41, 5.74) is 0.710. The average Bonchev–Trinajstić information content (AvgIpc) is 2.44. The quantitative estimate of drug-likeness (QED) is 0.904. The van der Waals surface area contributed by atoms with Crippen molar-refractivity contribution < 1.29 is 13.5 Å². The third-order valence-corrected chi connectivity index (χ3v) is 3.88. The highest BCUT2D eigenvalue weighted by atomic mass is 19.1. The first-order valence-corrected chi connectivity index (χ1v) is 7.63. The van der Waals surface area contributed by atoms with Crippen molar-refractivity contribution in [2.75, 3.05) is 24.6 Å². The van der Waals surface area contributed by atoms with Crippen LogP contribution in [0.2, 0.25) is 0 Å². The van der Waals surface area contributed by atoms with Crippen molar-refractivity contribution in [1.29, 1.82) is 0 Å². The maximum Gasteiger partial charge on any atom is 0.149 e. The first-order chi connectivity index (χ1) is 10.1. The maximum absolute atomic E-state index is 14.4. The Morgan fingerprint density at radius 3 is 2.52 bits per heavy atom. The van der Waals surface area contributed by atoms with Gasteiger partial charge in [0.2, 0.25) is 0 Å². The first-order valence-electron chi connectivity index (χ1n) is 7.63. The number of rotatable bonds is 5. The summed E-state index contributed by atoms with van der Waals surface area (Å²) in [6, 6.07) is 2.87. The zero-order chi connectivity index (χ0) is 15.4. The molecule has 1 aliphatic rings. The lowest BCUT2D eigenvalue weighted by atomic mass is 10.1. The van der Waals surface area contributed by atoms with Gasteiger partial charge in [-0.05, 0) is 37.6 Å². The summed E-state index contributed by atoms with van der Waals surface area (Å²) in [5, 5.41) is 3.08. The molecular formula is C16H24F2N2O. The Morgan fingerprint density at radius 1 is 1.29 bits per heavy atom. The number of halogens is 2. The van der Waals surface area contributed by atoms with Crippen LogP contribution in [0, 0.1) is 11.6 Å². The molecule has 1 N–H and O–H groups in total. The molecule has 0 saturated carbocycles. The van der Waals surface area contributed by atoms with Crippen LogP contribution in [-0.2, 0) is 11.3 Å². The van der Waals surface area contributed by atoms with Gasteiger partial charge in [0.25, 0.3) is 0 Å². The number of anilines is 1. The second kappa shape index (κ2) is 7.18. The number of ether oxygens (including phenoxy) is 1. The molecule has 1 saturated heterocycles. The van der Waals surface area contributed by atoms with E-state index in [0.717, 1.165) is 13.0 Å². The third kappa shape index (κ3) is 3.71. The monoisotopic (exact) mass is 298 g/mol. The van der Waals surface area contributed by atoms with Gasteiger partial charge in [-0.1, -0.05) is 13.8 Å². The maximum atomic E-state index is 14.4. The van der Waals surface area contributed by atoms with Gasteiger partial charge >= 0.3 is 0 Å². The highest BCUT2D eigenvalue weighted by Crippen LogP contribution is 2.30. The molecule has 3 nitrogen and oxygen atoms in total. The smallest absolute Gasteiger partial charge is 0.149 e. The van der Waals surface area contributed by atoms with Crippen LogP contribution >= 0.6 is 0 Å². The van der Waals surface area contributed by atoms with E-state index < -0.39 is 11.6 Å². The van der Waals surface area contributed by atoms with Gasteiger partial charge in [0, 0.05) is 13.1 Å². The van der Waals surface area contributed by atoms with Crippen molar-refractivity contribution in [2.24, 2.45) is 0 Å². The number of nitrogens with one attached hydrogen (secondary N) is 1. The lowest BCUT2D eigenvalue weighted by molar-refractivity contribution is 0.0294. The van der Waals surface area contributed by atoms with Crippen LogP contribution in [0.3, 0.4) is 0 Å². The topological polar surface area (TPSA) is 24.5 Å². The number of benzene rings is 1. The number of nitrogens with zero attached hydrogens (tertiary/aromatic N) is 1. The minimum atomic E-state index is -0.490. The van der Waals surface area contributed by atoms with Crippen LogP contribution in [0.4, 0.5) is 14.5 Å². The number of hydrogen-bond acceptors (Lipinski definition) is 3. The highest BCUT2D eigenvalue weighted by Gasteiger charge is 2.29. The minimum absolute atomic E-state index is 0.0183. The van der Waals surface area contributed by atoms with Crippen LogP contribution in [0.1, 0.15) is 32.8 Å². The largest absolute Gasteiger partial charge is 0.375 e. The highest BCUT2D eigenvalue weighted by molar-refractivity contribution is 5.52. The first kappa shape index (κ1) is 16.2. The van der Waals surface area contributed by atoms with E-state index in [9.17, 15) is 8.78 Å². The van der Waals surface area contributed by atoms with Crippen LogP contribution in [0.25, 0.3) is 0 Å². The second-order valence-electron chi connectivity index (χ2n) is 5.55. The third-order valence-electron chi connectivity index (χ3n) is 3.88. The SMILES string of the molecule is CCNCc1cc(F)c(N2CC(C)OCC2CC)c(F)c1. The van der Waals surface area contributed by atoms with Crippen molar-refractivity contribution in [1.82, 2.24) is 5.32 Å². The van der Waals surface area contributed by atoms with Crippen molar-refractivity contribution in [3.05, 3.63) is 29.3 Å². The molecule has 0 spiro atoms. The number of hydrogen-bond donors (Lipinski definition) is 1. The Labute approximate surface area is 125 Å². The van der Waals surface area contributed by atoms with E-state index in [4.69, 9.17) is 4.74 Å². The molecule has 0 aromatic heterocycles. The molecule has 21 heavy (non-hydrogen) atoms. The molecule has 2 rings (SSSR count). The van der Waals surface area contributed by atoms with Gasteiger partial charge in [-0.25, -0.2) is 8.78 Å². The summed E-state index contributed by atoms with van der Waals surface area (Å²) < 4.78 is 34.4. The molecule has 1 fully saturated rings. The predicted octanol–water partition coefficient (Wildman–Crippen LogP) is 3.08. The normalized spacial score (nSPS) is 22.6. The molecule has 0 amide bonds. The van der Waals surface area contributed by atoms with E-state index in [0.29, 0.717) is 25.3 Å². The Kier molecular flexibility index (Phi) is 5.53. The van der Waals surface area contributed by atoms with E-state index in [2.05, 4.69) is 5.32 Å². The fraction of sp³-hybridized carbons (Fsp3) is 0.625. The Morgan fingerprint density at radius 2 is 1.95 bits per heavy atom. The van der Waals surface area contributed by atoms with Gasteiger partial charge in [-0.15, -0.1) is 0 Å². The van der Waals surface area contributed by atoms with Crippen molar-refractivity contribution in [2.45, 2.75) is 45.9 Å². The molecule has 118 valence electrons. The van der Waals surface area contributed by atoms with Gasteiger partial charge < -0.3 is 15.0 Å². The number of morpholine rings is 1. The van der Waals surface area contributed by atoms with Gasteiger partial charge in [0.15, 0.2) is 0 Å². The molecular weight excluding hydrogens is 274 g/mol. The zero-order valence-corrected chi connectivity index (χ0v) is 13.0. The summed E-state index contributed by atoms with van der Waals surface area (Å²) >= 11 is 0. The summed E-state index contributed by atoms with van der Waals surface area (Å²) in [7, 11) is 0. The molecule has 0 bridgehead atoms. The predicted molar refractivity (Wildman–Crippen MR) is 80.6 cm³/mol. The van der Waals surface area contributed by atoms with Crippen LogP contribution < -0.4 is 10.2 Å². The molecule has 5 heteroatoms. The van der Waals surface area contributed by atoms with Gasteiger partial charge in [-0.2, -0.15) is 0 Å². The van der Waals surface area contributed by atoms with Crippen LogP contribution in [-0.4, -0.2) is 31.8 Å². The van der Waals surface area contributed by atoms with E-state index in [-0.39, 0.29) is 17.8 Å². The Bertz CT molecular complexity index is 458. The molecule has 1 heterocycles. The fourth-order valence-corrected chi connectivity index (χ4v) is 2.72. The standard InChI is InChI=1S/C16H24F2N2O/c1-4-13-10-21-11(3)9-20(13)16-14(17)6-12(7-15(16)18)8-19-5-2/h6-7,11,13,19H,4-5,8-10H2,1-3H3. The summed E-state index contributed by atoms with van der Waals surface area (Å²) in [6.07, 6.45) is 0.776. The lowest BCUT2D eigenvalue weighted by Gasteiger charge is -2.40. The van der Waals surface area contributed by atoms with Crippen molar-refractivity contribution in [3.63, 3.8) is 0 Å². The minimum Gasteiger partial charge on any atom is -0.375 e. The van der Waals surface area contributed by atoms with Gasteiger partial charge in [-0.3, -0.25) is 0 Å². The van der Waals surface area contributed by atoms with Crippen molar-refractivity contribution >= 4 is 5.69 Å². The molecule has 0 aliphatic carbocycles. The second-order valence-corrected chi connectivity index (χ2v) is 5.55. The van der Waals surface area contributed by atoms with E-state index in [1.54, 1.807) is 0 Å². The summed E-state index contributed by atoms with van der Waals surface area (Å²) in [6.45, 7) is 8.16. The van der Waals surface area contributed by atoms with E-state index in [1.807, 2.05) is 25.7 Å². The van der Waals surface area contributed by atoms with Gasteiger partial charge in [0.1, 0.15) is 17.3 Å². The lowest BCUT2D eigenvalue weighted by Crippen LogP contribution is -2.49. The fourth-order valence-electron chi connectivity index (χ4n) is 2.72. The zero-order valence-electron chi connectivity index (χ0n) is 13.0.